The molecule has 0 heterocycles. The van der Waals surface area contributed by atoms with Gasteiger partial charge in [0.1, 0.15) is 17.4 Å². The average Bonchev–Trinajstić information content (AvgIpc) is 3.01. The minimum absolute atomic E-state index is 0.00733. The summed E-state index contributed by atoms with van der Waals surface area (Å²) >= 11 is 13.6. The normalized spacial score (nSPS) is 11.6. The van der Waals surface area contributed by atoms with E-state index in [0.29, 0.717) is 18.2 Å². The molecule has 0 spiro atoms. The van der Waals surface area contributed by atoms with Gasteiger partial charge in [-0.15, -0.1) is 13.2 Å². The van der Waals surface area contributed by atoms with Crippen molar-refractivity contribution < 1.29 is 39.9 Å². The molecule has 48 heavy (non-hydrogen) atoms. The van der Waals surface area contributed by atoms with Crippen LogP contribution in [-0.2, 0) is 6.18 Å². The Morgan fingerprint density at radius 1 is 0.646 bits per heavy atom. The molecule has 0 unspecified atom stereocenters. The van der Waals surface area contributed by atoms with E-state index in [9.17, 15) is 36.9 Å². The van der Waals surface area contributed by atoms with Gasteiger partial charge < -0.3 is 4.74 Å². The number of hydrogen-bond donors (Lipinski definition) is 0. The molecular formula is C35H16Cl2F8N2O. The topological polar surface area (TPSA) is 56.8 Å². The lowest BCUT2D eigenvalue weighted by Crippen LogP contribution is -2.17. The van der Waals surface area contributed by atoms with E-state index in [-0.39, 0.29) is 60.1 Å². The van der Waals surface area contributed by atoms with Gasteiger partial charge in [0.2, 0.25) is 0 Å². The molecule has 0 saturated carbocycles. The van der Waals surface area contributed by atoms with Crippen LogP contribution in [-0.4, -0.2) is 6.36 Å². The van der Waals surface area contributed by atoms with Crippen LogP contribution < -0.4 is 4.74 Å². The highest BCUT2D eigenvalue weighted by molar-refractivity contribution is 6.39. The van der Waals surface area contributed by atoms with Gasteiger partial charge in [-0.05, 0) is 78.2 Å². The Kier molecular flexibility index (Phi) is 9.16. The molecule has 13 heteroatoms. The minimum atomic E-state index is -5.20. The number of hydrogen-bond acceptors (Lipinski definition) is 3. The third kappa shape index (κ3) is 6.66. The van der Waals surface area contributed by atoms with Crippen molar-refractivity contribution in [1.82, 2.24) is 0 Å². The van der Waals surface area contributed by atoms with Gasteiger partial charge in [0, 0.05) is 38.4 Å². The van der Waals surface area contributed by atoms with Crippen LogP contribution in [0.3, 0.4) is 0 Å². The van der Waals surface area contributed by atoms with Crippen LogP contribution in [0.2, 0.25) is 10.0 Å². The second-order valence-electron chi connectivity index (χ2n) is 10.3. The Balaban J connectivity index is 2.05. The summed E-state index contributed by atoms with van der Waals surface area (Å²) in [6.07, 6.45) is -10.0. The maximum absolute atomic E-state index is 15.9. The van der Waals surface area contributed by atoms with E-state index in [2.05, 4.69) is 4.74 Å². The molecule has 5 aromatic rings. The van der Waals surface area contributed by atoms with Gasteiger partial charge in [-0.2, -0.15) is 23.7 Å². The van der Waals surface area contributed by atoms with Crippen molar-refractivity contribution in [3.05, 3.63) is 123 Å². The molecule has 0 aliphatic carbocycles. The summed E-state index contributed by atoms with van der Waals surface area (Å²) in [6, 6.07) is 16.8. The summed E-state index contributed by atoms with van der Waals surface area (Å²) in [5.74, 6) is -3.08. The fourth-order valence-electron chi connectivity index (χ4n) is 5.36. The first kappa shape index (κ1) is 34.2. The van der Waals surface area contributed by atoms with Crippen LogP contribution in [0, 0.1) is 41.2 Å². The Hall–Kier alpha value is -5.10. The van der Waals surface area contributed by atoms with E-state index in [0.717, 1.165) is 30.3 Å². The first-order valence-electron chi connectivity index (χ1n) is 13.5. The summed E-state index contributed by atoms with van der Waals surface area (Å²) in [7, 11) is 0. The Labute approximate surface area is 277 Å². The molecule has 0 N–H and O–H groups in total. The van der Waals surface area contributed by atoms with Gasteiger partial charge in [0.15, 0.2) is 0 Å². The van der Waals surface area contributed by atoms with Crippen molar-refractivity contribution in [3.8, 4) is 62.4 Å². The lowest BCUT2D eigenvalue weighted by atomic mass is 9.80. The monoisotopic (exact) mass is 702 g/mol. The summed E-state index contributed by atoms with van der Waals surface area (Å²) in [5.41, 5.74) is -2.79. The smallest absolute Gasteiger partial charge is 0.406 e. The summed E-state index contributed by atoms with van der Waals surface area (Å²) in [5, 5.41) is 18.3. The van der Waals surface area contributed by atoms with Gasteiger partial charge >= 0.3 is 12.5 Å². The Morgan fingerprint density at radius 2 is 1.29 bits per heavy atom. The zero-order valence-electron chi connectivity index (χ0n) is 24.1. The lowest BCUT2D eigenvalue weighted by Gasteiger charge is -2.25. The number of alkyl halides is 6. The average molecular weight is 703 g/mol. The predicted molar refractivity (Wildman–Crippen MR) is 164 cm³/mol. The van der Waals surface area contributed by atoms with Crippen molar-refractivity contribution >= 4 is 23.2 Å². The molecule has 3 nitrogen and oxygen atoms in total. The van der Waals surface area contributed by atoms with Gasteiger partial charge in [0.25, 0.3) is 0 Å². The number of benzene rings is 5. The quantitative estimate of drug-likeness (QED) is 0.171. The highest BCUT2D eigenvalue weighted by Gasteiger charge is 2.34. The van der Waals surface area contributed by atoms with E-state index < -0.39 is 46.6 Å². The molecule has 0 saturated heterocycles. The van der Waals surface area contributed by atoms with E-state index >= 15 is 8.78 Å². The van der Waals surface area contributed by atoms with Crippen LogP contribution in [0.4, 0.5) is 35.1 Å². The molecule has 0 amide bonds. The molecule has 0 fully saturated rings. The summed E-state index contributed by atoms with van der Waals surface area (Å²) in [6.45, 7) is 1.44. The molecule has 242 valence electrons. The van der Waals surface area contributed by atoms with Crippen molar-refractivity contribution in [3.63, 3.8) is 0 Å². The first-order chi connectivity index (χ1) is 22.5. The van der Waals surface area contributed by atoms with Crippen LogP contribution >= 0.6 is 23.2 Å². The molecular weight excluding hydrogens is 687 g/mol. The van der Waals surface area contributed by atoms with Crippen molar-refractivity contribution in [2.24, 2.45) is 0 Å². The number of rotatable bonds is 5. The van der Waals surface area contributed by atoms with Gasteiger partial charge in [-0.25, -0.2) is 8.78 Å². The first-order valence-corrected chi connectivity index (χ1v) is 14.3. The van der Waals surface area contributed by atoms with Crippen LogP contribution in [0.1, 0.15) is 22.3 Å². The van der Waals surface area contributed by atoms with E-state index in [4.69, 9.17) is 23.2 Å². The maximum atomic E-state index is 15.9. The molecule has 0 aliphatic rings. The highest BCUT2D eigenvalue weighted by Crippen LogP contribution is 2.53. The van der Waals surface area contributed by atoms with Crippen molar-refractivity contribution in [2.45, 2.75) is 19.5 Å². The van der Waals surface area contributed by atoms with Crippen LogP contribution in [0.5, 0.6) is 5.75 Å². The second-order valence-corrected chi connectivity index (χ2v) is 11.1. The summed E-state index contributed by atoms with van der Waals surface area (Å²) in [4.78, 5) is 0. The predicted octanol–water partition coefficient (Wildman–Crippen LogP) is 11.9. The van der Waals surface area contributed by atoms with E-state index in [1.165, 1.54) is 37.3 Å². The molecule has 0 aliphatic heterocycles. The van der Waals surface area contributed by atoms with Gasteiger partial charge in [-0.3, -0.25) is 0 Å². The third-order valence-corrected chi connectivity index (χ3v) is 8.03. The molecule has 5 aromatic carbocycles. The number of nitrogens with zero attached hydrogens (tertiary/aromatic N) is 2. The van der Waals surface area contributed by atoms with Gasteiger partial charge in [-0.1, -0.05) is 47.5 Å². The standard InChI is InChI=1S/C35H16Cl2F8N2O/c1-17-29(20-3-2-4-21(13-20)34(40,41)42)31(24-9-6-19(16-47)12-28(24)39)32(25-14-22(7-10-27(25)38)48-35(43,44)45)33(37)30(17)23-8-5-18(15-46)11-26(23)36/h2-14H,1H3. The zero-order chi connectivity index (χ0) is 35.1. The fourth-order valence-corrected chi connectivity index (χ4v) is 6.07. The largest absolute Gasteiger partial charge is 0.573 e. The highest BCUT2D eigenvalue weighted by atomic mass is 35.5. The fraction of sp³-hybridized carbons (Fsp3) is 0.0857. The third-order valence-electron chi connectivity index (χ3n) is 7.34. The van der Waals surface area contributed by atoms with Crippen LogP contribution in [0.15, 0.2) is 78.9 Å². The number of nitriles is 2. The number of ether oxygens (including phenoxy) is 1. The molecule has 0 atom stereocenters. The molecule has 0 radical (unpaired) electrons. The molecule has 0 bridgehead atoms. The van der Waals surface area contributed by atoms with Crippen LogP contribution in [0.25, 0.3) is 44.5 Å². The number of halogens is 10. The maximum Gasteiger partial charge on any atom is 0.573 e. The molecule has 5 rings (SSSR count). The molecule has 0 aromatic heterocycles. The lowest BCUT2D eigenvalue weighted by molar-refractivity contribution is -0.274. The Bertz CT molecular complexity index is 2180. The SMILES string of the molecule is Cc1c(-c2ccc(C#N)cc2Cl)c(Cl)c(-c2cc(OC(F)(F)F)ccc2F)c(-c2ccc(C#N)cc2F)c1-c1cccc(C(F)(F)F)c1. The van der Waals surface area contributed by atoms with E-state index in [1.54, 1.807) is 6.07 Å². The van der Waals surface area contributed by atoms with Gasteiger partial charge in [0.05, 0.1) is 33.9 Å². The van der Waals surface area contributed by atoms with Crippen molar-refractivity contribution in [2.75, 3.05) is 0 Å². The Morgan fingerprint density at radius 3 is 1.88 bits per heavy atom. The van der Waals surface area contributed by atoms with Crippen molar-refractivity contribution in [1.29, 1.82) is 10.5 Å². The van der Waals surface area contributed by atoms with E-state index in [1.807, 2.05) is 6.07 Å². The second kappa shape index (κ2) is 12.8. The summed E-state index contributed by atoms with van der Waals surface area (Å²) < 4.78 is 117. The minimum Gasteiger partial charge on any atom is -0.406 e. The zero-order valence-corrected chi connectivity index (χ0v) is 25.6.